The molecule has 1 aliphatic heterocycles. The van der Waals surface area contributed by atoms with Gasteiger partial charge in [-0.2, -0.15) is 18.3 Å². The first-order valence-corrected chi connectivity index (χ1v) is 10.5. The number of nitrogens with one attached hydrogen (secondary N) is 1. The number of rotatable bonds is 4. The monoisotopic (exact) mass is 457 g/mol. The van der Waals surface area contributed by atoms with E-state index in [9.17, 15) is 22.8 Å². The number of likely N-dealkylation sites (tertiary alicyclic amines) is 1. The number of benzene rings is 1. The molecule has 7 nitrogen and oxygen atoms in total. The average molecular weight is 457 g/mol. The molecule has 1 saturated heterocycles. The molecule has 3 aromatic rings. The number of halogens is 3. The molecule has 1 unspecified atom stereocenters. The van der Waals surface area contributed by atoms with E-state index in [2.05, 4.69) is 15.4 Å². The van der Waals surface area contributed by atoms with Crippen LogP contribution < -0.4 is 5.32 Å². The van der Waals surface area contributed by atoms with Gasteiger partial charge in [0.25, 0.3) is 5.91 Å². The van der Waals surface area contributed by atoms with Gasteiger partial charge in [-0.25, -0.2) is 9.67 Å². The maximum absolute atomic E-state index is 13.0. The number of aryl methyl sites for hydroxylation is 1. The van der Waals surface area contributed by atoms with E-state index in [4.69, 9.17) is 0 Å². The summed E-state index contributed by atoms with van der Waals surface area (Å²) in [7, 11) is 0. The maximum atomic E-state index is 13.0. The van der Waals surface area contributed by atoms with Crippen molar-refractivity contribution in [3.8, 4) is 5.69 Å². The van der Waals surface area contributed by atoms with Crippen molar-refractivity contribution in [3.05, 3.63) is 71.7 Å². The summed E-state index contributed by atoms with van der Waals surface area (Å²) in [4.78, 5) is 31.5. The third-order valence-electron chi connectivity index (χ3n) is 5.59. The Morgan fingerprint density at radius 2 is 1.88 bits per heavy atom. The number of anilines is 1. The molecule has 2 aromatic heterocycles. The smallest absolute Gasteiger partial charge is 0.338 e. The predicted octanol–water partition coefficient (Wildman–Crippen LogP) is 4.09. The number of amides is 2. The number of alkyl halides is 3. The Morgan fingerprint density at radius 3 is 2.55 bits per heavy atom. The third kappa shape index (κ3) is 5.05. The number of pyridine rings is 1. The summed E-state index contributed by atoms with van der Waals surface area (Å²) < 4.78 is 39.4. The van der Waals surface area contributed by atoms with E-state index in [1.165, 1.54) is 6.20 Å². The molecule has 0 bridgehead atoms. The van der Waals surface area contributed by atoms with E-state index in [1.807, 2.05) is 13.0 Å². The van der Waals surface area contributed by atoms with Crippen LogP contribution in [0.1, 0.15) is 34.5 Å². The first-order chi connectivity index (χ1) is 15.7. The number of carbonyl (C=O) groups is 2. The zero-order valence-electron chi connectivity index (χ0n) is 17.8. The molecule has 0 aliphatic carbocycles. The molecule has 33 heavy (non-hydrogen) atoms. The quantitative estimate of drug-likeness (QED) is 0.640. The Morgan fingerprint density at radius 1 is 1.12 bits per heavy atom. The van der Waals surface area contributed by atoms with Crippen molar-refractivity contribution in [2.75, 3.05) is 18.4 Å². The third-order valence-corrected chi connectivity index (χ3v) is 5.59. The van der Waals surface area contributed by atoms with Gasteiger partial charge in [-0.3, -0.25) is 9.59 Å². The van der Waals surface area contributed by atoms with Gasteiger partial charge in [0.05, 0.1) is 11.6 Å². The van der Waals surface area contributed by atoms with E-state index in [1.54, 1.807) is 41.4 Å². The first kappa shape index (κ1) is 22.5. The molecule has 3 heterocycles. The van der Waals surface area contributed by atoms with Crippen molar-refractivity contribution in [2.24, 2.45) is 5.92 Å². The molecular formula is C23H22F3N5O2. The molecule has 2 amide bonds. The van der Waals surface area contributed by atoms with Gasteiger partial charge in [-0.05, 0) is 61.7 Å². The van der Waals surface area contributed by atoms with Crippen molar-refractivity contribution >= 4 is 17.6 Å². The van der Waals surface area contributed by atoms with Gasteiger partial charge < -0.3 is 10.2 Å². The Bertz CT molecular complexity index is 1160. The van der Waals surface area contributed by atoms with E-state index < -0.39 is 11.9 Å². The fraction of sp³-hybridized carbons (Fsp3) is 0.304. The second-order valence-electron chi connectivity index (χ2n) is 7.94. The second-order valence-corrected chi connectivity index (χ2v) is 7.94. The first-order valence-electron chi connectivity index (χ1n) is 10.5. The summed E-state index contributed by atoms with van der Waals surface area (Å²) in [5, 5.41) is 6.37. The predicted molar refractivity (Wildman–Crippen MR) is 115 cm³/mol. The molecule has 0 saturated carbocycles. The molecule has 1 fully saturated rings. The highest BCUT2D eigenvalue weighted by molar-refractivity contribution is 5.96. The minimum Gasteiger partial charge on any atom is -0.338 e. The SMILES string of the molecule is Cc1cccnc1NC(=O)C1CCCN(C(=O)c2ccc(-n3ccc(C(F)(F)F)n3)cc2)C1. The van der Waals surface area contributed by atoms with Crippen molar-refractivity contribution in [1.29, 1.82) is 0 Å². The van der Waals surface area contributed by atoms with E-state index >= 15 is 0 Å². The summed E-state index contributed by atoms with van der Waals surface area (Å²) in [5.41, 5.74) is 0.669. The largest absolute Gasteiger partial charge is 0.435 e. The van der Waals surface area contributed by atoms with Crippen LogP contribution in [-0.2, 0) is 11.0 Å². The maximum Gasteiger partial charge on any atom is 0.435 e. The Kier molecular flexibility index (Phi) is 6.17. The molecule has 1 N–H and O–H groups in total. The number of hydrogen-bond donors (Lipinski definition) is 1. The van der Waals surface area contributed by atoms with E-state index in [0.29, 0.717) is 36.5 Å². The molecule has 0 radical (unpaired) electrons. The van der Waals surface area contributed by atoms with Crippen LogP contribution in [0.4, 0.5) is 19.0 Å². The highest BCUT2D eigenvalue weighted by Gasteiger charge is 2.34. The summed E-state index contributed by atoms with van der Waals surface area (Å²) in [6, 6.07) is 10.7. The lowest BCUT2D eigenvalue weighted by Gasteiger charge is -2.32. The average Bonchev–Trinajstić information content (AvgIpc) is 3.31. The van der Waals surface area contributed by atoms with Crippen LogP contribution in [0, 0.1) is 12.8 Å². The highest BCUT2D eigenvalue weighted by atomic mass is 19.4. The molecule has 1 aliphatic rings. The van der Waals surface area contributed by atoms with Crippen LogP contribution in [0.25, 0.3) is 5.69 Å². The van der Waals surface area contributed by atoms with Crippen LogP contribution in [-0.4, -0.2) is 44.6 Å². The van der Waals surface area contributed by atoms with E-state index in [-0.39, 0.29) is 24.3 Å². The van der Waals surface area contributed by atoms with Crippen LogP contribution in [0.2, 0.25) is 0 Å². The molecule has 4 rings (SSSR count). The number of hydrogen-bond acceptors (Lipinski definition) is 4. The van der Waals surface area contributed by atoms with Gasteiger partial charge in [0.2, 0.25) is 5.91 Å². The molecule has 0 spiro atoms. The lowest BCUT2D eigenvalue weighted by atomic mass is 9.96. The van der Waals surface area contributed by atoms with Gasteiger partial charge >= 0.3 is 6.18 Å². The summed E-state index contributed by atoms with van der Waals surface area (Å²) in [5.74, 6) is -0.254. The molecular weight excluding hydrogens is 435 g/mol. The lowest BCUT2D eigenvalue weighted by molar-refractivity contribution is -0.141. The van der Waals surface area contributed by atoms with Crippen LogP contribution in [0.3, 0.4) is 0 Å². The zero-order valence-corrected chi connectivity index (χ0v) is 17.8. The van der Waals surface area contributed by atoms with Gasteiger partial charge in [0, 0.05) is 31.0 Å². The van der Waals surface area contributed by atoms with E-state index in [0.717, 1.165) is 16.3 Å². The van der Waals surface area contributed by atoms with Gasteiger partial charge in [-0.1, -0.05) is 6.07 Å². The second kappa shape index (κ2) is 9.05. The number of aromatic nitrogens is 3. The standard InChI is InChI=1S/C23H22F3N5O2/c1-15-4-2-11-27-20(15)28-21(32)17-5-3-12-30(14-17)22(33)16-6-8-18(9-7-16)31-13-10-19(29-31)23(24,25)26/h2,4,6-11,13,17H,3,5,12,14H2,1H3,(H,27,28,32). The summed E-state index contributed by atoms with van der Waals surface area (Å²) >= 11 is 0. The van der Waals surface area contributed by atoms with Gasteiger partial charge in [0.15, 0.2) is 5.69 Å². The number of carbonyl (C=O) groups excluding carboxylic acids is 2. The van der Waals surface area contributed by atoms with Crippen molar-refractivity contribution in [3.63, 3.8) is 0 Å². The molecule has 1 atom stereocenters. The fourth-order valence-corrected chi connectivity index (χ4v) is 3.77. The van der Waals surface area contributed by atoms with Crippen LogP contribution in [0.15, 0.2) is 54.9 Å². The van der Waals surface area contributed by atoms with Crippen molar-refractivity contribution in [2.45, 2.75) is 25.9 Å². The minimum atomic E-state index is -4.52. The summed E-state index contributed by atoms with van der Waals surface area (Å²) in [6.07, 6.45) is -0.335. The molecule has 172 valence electrons. The Hall–Kier alpha value is -3.69. The topological polar surface area (TPSA) is 80.1 Å². The van der Waals surface area contributed by atoms with Crippen molar-refractivity contribution in [1.82, 2.24) is 19.7 Å². The lowest BCUT2D eigenvalue weighted by Crippen LogP contribution is -2.43. The Labute approximate surface area is 188 Å². The highest BCUT2D eigenvalue weighted by Crippen LogP contribution is 2.28. The number of nitrogens with zero attached hydrogens (tertiary/aromatic N) is 4. The molecule has 1 aromatic carbocycles. The number of piperidine rings is 1. The fourth-order valence-electron chi connectivity index (χ4n) is 3.77. The van der Waals surface area contributed by atoms with Crippen LogP contribution >= 0.6 is 0 Å². The van der Waals surface area contributed by atoms with Crippen molar-refractivity contribution < 1.29 is 22.8 Å². The Balaban J connectivity index is 1.42. The summed E-state index contributed by atoms with van der Waals surface area (Å²) in [6.45, 7) is 2.67. The van der Waals surface area contributed by atoms with Gasteiger partial charge in [0.1, 0.15) is 5.82 Å². The zero-order chi connectivity index (χ0) is 23.6. The van der Waals surface area contributed by atoms with Gasteiger partial charge in [-0.15, -0.1) is 0 Å². The minimum absolute atomic E-state index is 0.177. The van der Waals surface area contributed by atoms with Crippen LogP contribution in [0.5, 0.6) is 0 Å². The molecule has 10 heteroatoms. The normalized spacial score (nSPS) is 16.5.